The third-order valence-corrected chi connectivity index (χ3v) is 7.72. The lowest BCUT2D eigenvalue weighted by Crippen LogP contribution is -2.12. The van der Waals surface area contributed by atoms with Crippen molar-refractivity contribution in [3.63, 3.8) is 0 Å². The molecule has 5 rings (SSSR count). The van der Waals surface area contributed by atoms with Crippen LogP contribution >= 0.6 is 23.2 Å². The average Bonchev–Trinajstić information content (AvgIpc) is 3.55. The summed E-state index contributed by atoms with van der Waals surface area (Å²) in [6.45, 7) is 11.3. The molecule has 6 nitrogen and oxygen atoms in total. The summed E-state index contributed by atoms with van der Waals surface area (Å²) in [5, 5.41) is 6.37. The summed E-state index contributed by atoms with van der Waals surface area (Å²) >= 11 is 13.0. The van der Waals surface area contributed by atoms with Gasteiger partial charge in [0, 0.05) is 35.1 Å². The summed E-state index contributed by atoms with van der Waals surface area (Å²) < 4.78 is 19.6. The van der Waals surface area contributed by atoms with Crippen LogP contribution in [0.15, 0.2) is 71.4 Å². The molecule has 0 unspecified atom stereocenters. The number of aromatic nitrogens is 2. The van der Waals surface area contributed by atoms with Crippen LogP contribution in [0.1, 0.15) is 66.4 Å². The number of carbonyl (C=O) groups excluding carboxylic acids is 1. The number of aryl methyl sites for hydroxylation is 1. The molecule has 0 amide bonds. The van der Waals surface area contributed by atoms with E-state index in [0.29, 0.717) is 40.0 Å². The highest BCUT2D eigenvalue weighted by atomic mass is 35.5. The molecule has 0 spiro atoms. The van der Waals surface area contributed by atoms with E-state index in [1.54, 1.807) is 18.2 Å². The number of nitrogens with zero attached hydrogens (tertiary/aromatic N) is 2. The number of fused-ring (bicyclic) bond motifs is 1. The molecule has 0 atom stereocenters. The second kappa shape index (κ2) is 12.6. The molecular weight excluding hydrogens is 571 g/mol. The van der Waals surface area contributed by atoms with E-state index in [9.17, 15) is 4.79 Å². The highest BCUT2D eigenvalue weighted by molar-refractivity contribution is 6.39. The third-order valence-electron chi connectivity index (χ3n) is 7.09. The van der Waals surface area contributed by atoms with E-state index in [4.69, 9.17) is 37.2 Å². The number of ether oxygens (including phenoxy) is 2. The lowest BCUT2D eigenvalue weighted by molar-refractivity contribution is 0.0458. The molecule has 0 saturated heterocycles. The third kappa shape index (κ3) is 6.35. The number of carbonyl (C=O) groups is 1. The average molecular weight is 606 g/mol. The topological polar surface area (TPSA) is 66.5 Å². The second-order valence-corrected chi connectivity index (χ2v) is 12.0. The Balaban J connectivity index is 1.35. The molecule has 42 heavy (non-hydrogen) atoms. The SMILES string of the molecule is Cc1ccc(Cn2ccc3cc(OCc4c(-c5c(Cl)cccc5Cl)noc4C(C)C)ccc32)cc1C(=O)OCC(C)C. The van der Waals surface area contributed by atoms with Crippen molar-refractivity contribution in [1.82, 2.24) is 9.72 Å². The molecule has 0 aliphatic rings. The van der Waals surface area contributed by atoms with E-state index < -0.39 is 0 Å². The Bertz CT molecular complexity index is 1710. The molecule has 0 saturated carbocycles. The van der Waals surface area contributed by atoms with Gasteiger partial charge in [-0.3, -0.25) is 0 Å². The summed E-state index contributed by atoms with van der Waals surface area (Å²) in [6.07, 6.45) is 2.04. The van der Waals surface area contributed by atoms with Crippen molar-refractivity contribution in [2.24, 2.45) is 5.92 Å². The number of hydrogen-bond acceptors (Lipinski definition) is 5. The van der Waals surface area contributed by atoms with Crippen LogP contribution in [-0.4, -0.2) is 22.3 Å². The van der Waals surface area contributed by atoms with Gasteiger partial charge >= 0.3 is 5.97 Å². The number of halogens is 2. The van der Waals surface area contributed by atoms with Gasteiger partial charge in [-0.05, 0) is 66.4 Å². The van der Waals surface area contributed by atoms with Crippen molar-refractivity contribution in [1.29, 1.82) is 0 Å². The first kappa shape index (κ1) is 29.7. The molecule has 218 valence electrons. The maximum atomic E-state index is 12.6. The van der Waals surface area contributed by atoms with Gasteiger partial charge in [0.05, 0.1) is 27.8 Å². The molecule has 0 fully saturated rings. The van der Waals surface area contributed by atoms with Crippen molar-refractivity contribution < 1.29 is 18.8 Å². The normalized spacial score (nSPS) is 11.5. The molecule has 5 aromatic rings. The molecule has 0 aliphatic carbocycles. The maximum absolute atomic E-state index is 12.6. The molecule has 0 bridgehead atoms. The Morgan fingerprint density at radius 1 is 1.00 bits per heavy atom. The van der Waals surface area contributed by atoms with Crippen molar-refractivity contribution >= 4 is 40.1 Å². The lowest BCUT2D eigenvalue weighted by Gasteiger charge is -2.12. The Labute approximate surface area is 256 Å². The number of hydrogen-bond donors (Lipinski definition) is 0. The van der Waals surface area contributed by atoms with Crippen LogP contribution in [0, 0.1) is 12.8 Å². The minimum absolute atomic E-state index is 0.0991. The van der Waals surface area contributed by atoms with Gasteiger partial charge < -0.3 is 18.6 Å². The summed E-state index contributed by atoms with van der Waals surface area (Å²) in [6, 6.07) is 19.4. The predicted octanol–water partition coefficient (Wildman–Crippen LogP) is 9.48. The minimum Gasteiger partial charge on any atom is -0.489 e. The zero-order valence-corrected chi connectivity index (χ0v) is 25.9. The van der Waals surface area contributed by atoms with Crippen LogP contribution in [0.5, 0.6) is 5.75 Å². The summed E-state index contributed by atoms with van der Waals surface area (Å²) in [7, 11) is 0. The van der Waals surface area contributed by atoms with Gasteiger partial charge in [-0.1, -0.05) is 74.3 Å². The Hall–Kier alpha value is -3.74. The zero-order chi connectivity index (χ0) is 30.0. The van der Waals surface area contributed by atoms with Crippen LogP contribution < -0.4 is 4.74 Å². The maximum Gasteiger partial charge on any atom is 0.338 e. The summed E-state index contributed by atoms with van der Waals surface area (Å²) in [5.41, 5.74) is 5.63. The smallest absolute Gasteiger partial charge is 0.338 e. The molecule has 0 aliphatic heterocycles. The van der Waals surface area contributed by atoms with Gasteiger partial charge in [0.15, 0.2) is 0 Å². The molecule has 2 heterocycles. The van der Waals surface area contributed by atoms with Crippen LogP contribution in [0.25, 0.3) is 22.2 Å². The Kier molecular flexibility index (Phi) is 8.95. The van der Waals surface area contributed by atoms with Crippen LogP contribution in [0.2, 0.25) is 10.0 Å². The van der Waals surface area contributed by atoms with Crippen molar-refractivity contribution in [3.05, 3.63) is 105 Å². The van der Waals surface area contributed by atoms with Gasteiger partial charge in [0.2, 0.25) is 0 Å². The van der Waals surface area contributed by atoms with E-state index >= 15 is 0 Å². The summed E-state index contributed by atoms with van der Waals surface area (Å²) in [5.74, 6) is 1.56. The van der Waals surface area contributed by atoms with E-state index in [1.807, 2.05) is 77.2 Å². The monoisotopic (exact) mass is 604 g/mol. The predicted molar refractivity (Wildman–Crippen MR) is 168 cm³/mol. The van der Waals surface area contributed by atoms with Crippen molar-refractivity contribution in [3.8, 4) is 17.0 Å². The Morgan fingerprint density at radius 3 is 2.48 bits per heavy atom. The lowest BCUT2D eigenvalue weighted by atomic mass is 10.0. The fourth-order valence-electron chi connectivity index (χ4n) is 4.90. The number of esters is 1. The van der Waals surface area contributed by atoms with Gasteiger partial charge in [-0.15, -0.1) is 0 Å². The first-order valence-corrected chi connectivity index (χ1v) is 14.8. The van der Waals surface area contributed by atoms with E-state index in [-0.39, 0.29) is 24.4 Å². The standard InChI is InChI=1S/C34H34Cl2N2O4/c1-20(2)18-41-34(39)26-15-23(10-9-22(26)5)17-38-14-13-24-16-25(11-12-30(24)38)40-19-27-32(37-42-33(27)21(3)4)31-28(35)7-6-8-29(31)36/h6-16,20-21H,17-19H2,1-5H3. The van der Waals surface area contributed by atoms with Crippen molar-refractivity contribution in [2.45, 2.75) is 53.7 Å². The molecular formula is C34H34Cl2N2O4. The fraction of sp³-hybridized carbons (Fsp3) is 0.294. The summed E-state index contributed by atoms with van der Waals surface area (Å²) in [4.78, 5) is 12.6. The highest BCUT2D eigenvalue weighted by Crippen LogP contribution is 2.39. The quantitative estimate of drug-likeness (QED) is 0.148. The van der Waals surface area contributed by atoms with Gasteiger partial charge in [-0.25, -0.2) is 4.79 Å². The molecule has 2 aromatic heterocycles. The van der Waals surface area contributed by atoms with Crippen LogP contribution in [0.4, 0.5) is 0 Å². The molecule has 0 radical (unpaired) electrons. The van der Waals surface area contributed by atoms with Crippen LogP contribution in [0.3, 0.4) is 0 Å². The van der Waals surface area contributed by atoms with Gasteiger partial charge in [0.25, 0.3) is 0 Å². The van der Waals surface area contributed by atoms with E-state index in [2.05, 4.69) is 15.8 Å². The minimum atomic E-state index is -0.282. The van der Waals surface area contributed by atoms with Crippen LogP contribution in [-0.2, 0) is 17.9 Å². The first-order valence-electron chi connectivity index (χ1n) is 14.0. The molecule has 8 heteroatoms. The van der Waals surface area contributed by atoms with Crippen molar-refractivity contribution in [2.75, 3.05) is 6.61 Å². The molecule has 3 aromatic carbocycles. The number of benzene rings is 3. The fourth-order valence-corrected chi connectivity index (χ4v) is 5.48. The largest absolute Gasteiger partial charge is 0.489 e. The Morgan fingerprint density at radius 2 is 1.76 bits per heavy atom. The van der Waals surface area contributed by atoms with Gasteiger partial charge in [0.1, 0.15) is 23.8 Å². The highest BCUT2D eigenvalue weighted by Gasteiger charge is 2.24. The number of rotatable bonds is 10. The van der Waals surface area contributed by atoms with Gasteiger partial charge in [-0.2, -0.15) is 0 Å². The van der Waals surface area contributed by atoms with E-state index in [1.165, 1.54) is 0 Å². The van der Waals surface area contributed by atoms with E-state index in [0.717, 1.165) is 39.1 Å². The first-order chi connectivity index (χ1) is 20.1. The zero-order valence-electron chi connectivity index (χ0n) is 24.4. The second-order valence-electron chi connectivity index (χ2n) is 11.2. The molecule has 0 N–H and O–H groups in total.